The van der Waals surface area contributed by atoms with Gasteiger partial charge in [-0.1, -0.05) is 0 Å². The largest absolute Gasteiger partial charge is 0.481 e. The third-order valence-electron chi connectivity index (χ3n) is 2.54. The van der Waals surface area contributed by atoms with Gasteiger partial charge in [0.2, 0.25) is 0 Å². The molecule has 0 saturated carbocycles. The van der Waals surface area contributed by atoms with Gasteiger partial charge in [0.15, 0.2) is 0 Å². The average molecular weight is 593 g/mol. The third-order valence-corrected chi connectivity index (χ3v) is 2.54. The molecule has 20 heteroatoms. The van der Waals surface area contributed by atoms with Crippen LogP contribution in [0.15, 0.2) is 0 Å². The summed E-state index contributed by atoms with van der Waals surface area (Å²) < 4.78 is 0. The molecule has 16 N–H and O–H groups in total. The van der Waals surface area contributed by atoms with Crippen molar-refractivity contribution in [3.8, 4) is 0 Å². The van der Waals surface area contributed by atoms with Crippen LogP contribution in [0.2, 0.25) is 0 Å². The summed E-state index contributed by atoms with van der Waals surface area (Å²) in [6.45, 7) is 2.39. The number of aliphatic carboxylic acids is 8. The van der Waals surface area contributed by atoms with Crippen LogP contribution in [0.5, 0.6) is 0 Å². The fourth-order valence-corrected chi connectivity index (χ4v) is 0.855. The van der Waals surface area contributed by atoms with Gasteiger partial charge in [0, 0.05) is 26.2 Å². The van der Waals surface area contributed by atoms with Crippen LogP contribution in [0, 0.1) is 0 Å². The Morgan fingerprint density at radius 3 is 0.375 bits per heavy atom. The van der Waals surface area contributed by atoms with Gasteiger partial charge in [-0.05, 0) is 0 Å². The monoisotopic (exact) mass is 592 g/mol. The molecule has 20 nitrogen and oxygen atoms in total. The van der Waals surface area contributed by atoms with Gasteiger partial charge in [0.25, 0.3) is 0 Å². The lowest BCUT2D eigenvalue weighted by atomic mass is 10.3. The van der Waals surface area contributed by atoms with Crippen molar-refractivity contribution < 1.29 is 79.2 Å². The van der Waals surface area contributed by atoms with E-state index >= 15 is 0 Å². The molecule has 0 aromatic heterocycles. The van der Waals surface area contributed by atoms with Gasteiger partial charge in [-0.3, -0.25) is 38.4 Å². The quantitative estimate of drug-likeness (QED) is 0.0994. The van der Waals surface area contributed by atoms with E-state index in [1.54, 1.807) is 0 Å². The van der Waals surface area contributed by atoms with Crippen molar-refractivity contribution >= 4 is 47.8 Å². The van der Waals surface area contributed by atoms with Gasteiger partial charge >= 0.3 is 47.8 Å². The Bertz CT molecular complexity index is 555. The summed E-state index contributed by atoms with van der Waals surface area (Å²) >= 11 is 0. The number of rotatable bonds is 14. The minimum Gasteiger partial charge on any atom is -0.481 e. The van der Waals surface area contributed by atoms with Gasteiger partial charge in [0.1, 0.15) is 0 Å². The van der Waals surface area contributed by atoms with Gasteiger partial charge < -0.3 is 63.8 Å². The van der Waals surface area contributed by atoms with E-state index in [0.29, 0.717) is 26.2 Å². The van der Waals surface area contributed by atoms with Crippen LogP contribution in [0.25, 0.3) is 0 Å². The number of carboxylic acids is 8. The van der Waals surface area contributed by atoms with E-state index < -0.39 is 47.8 Å². The van der Waals surface area contributed by atoms with E-state index in [1.807, 2.05) is 0 Å². The molecular formula is C20H40N4O16. The predicted molar refractivity (Wildman–Crippen MR) is 134 cm³/mol. The molecule has 0 rings (SSSR count). The van der Waals surface area contributed by atoms with Crippen molar-refractivity contribution in [3.05, 3.63) is 0 Å². The van der Waals surface area contributed by atoms with Crippen LogP contribution < -0.4 is 22.9 Å². The lowest BCUT2D eigenvalue weighted by molar-refractivity contribution is -0.143. The smallest absolute Gasteiger partial charge is 0.303 e. The van der Waals surface area contributed by atoms with Crippen LogP contribution in [0.3, 0.4) is 0 Å². The molecule has 0 atom stereocenters. The molecule has 0 aliphatic rings. The van der Waals surface area contributed by atoms with E-state index in [9.17, 15) is 38.4 Å². The summed E-state index contributed by atoms with van der Waals surface area (Å²) in [7, 11) is 0. The van der Waals surface area contributed by atoms with Gasteiger partial charge in [-0.2, -0.15) is 0 Å². The molecule has 0 amide bonds. The topological polar surface area (TPSA) is 402 Å². The number of carbonyl (C=O) groups is 8. The summed E-state index contributed by atoms with van der Waals surface area (Å²) in [5.41, 5.74) is 19.6. The van der Waals surface area contributed by atoms with Crippen molar-refractivity contribution in [3.63, 3.8) is 0 Å². The van der Waals surface area contributed by atoms with E-state index in [-0.39, 0.29) is 51.4 Å². The molecule has 0 aromatic rings. The molecular weight excluding hydrogens is 552 g/mol. The Hall–Kier alpha value is -4.40. The van der Waals surface area contributed by atoms with E-state index in [0.717, 1.165) is 0 Å². The lowest BCUT2D eigenvalue weighted by Gasteiger charge is -1.85. The molecule has 0 spiro atoms. The van der Waals surface area contributed by atoms with E-state index in [1.165, 1.54) is 0 Å². The van der Waals surface area contributed by atoms with Crippen molar-refractivity contribution in [2.45, 2.75) is 51.4 Å². The zero-order chi connectivity index (χ0) is 33.1. The van der Waals surface area contributed by atoms with Crippen molar-refractivity contribution in [1.82, 2.24) is 0 Å². The van der Waals surface area contributed by atoms with Gasteiger partial charge in [0.05, 0.1) is 51.4 Å². The van der Waals surface area contributed by atoms with Crippen molar-refractivity contribution in [2.24, 2.45) is 22.9 Å². The molecule has 0 aliphatic heterocycles. The second-order valence-corrected chi connectivity index (χ2v) is 6.30. The predicted octanol–water partition coefficient (Wildman–Crippen LogP) is -2.45. The molecule has 0 unspecified atom stereocenters. The van der Waals surface area contributed by atoms with Crippen LogP contribution in [-0.2, 0) is 38.4 Å². The Morgan fingerprint density at radius 2 is 0.350 bits per heavy atom. The minimum absolute atomic E-state index is 0.296. The lowest BCUT2D eigenvalue weighted by Crippen LogP contribution is -2.11. The van der Waals surface area contributed by atoms with Crippen LogP contribution in [-0.4, -0.2) is 115 Å². The SMILES string of the molecule is NCCN.NCCN.O=C(O)CCC(=O)O.O=C(O)CCC(=O)O.O=C(O)CCC(=O)O.O=C(O)CCC(=O)O. The first kappa shape index (κ1) is 48.6. The van der Waals surface area contributed by atoms with E-state index in [2.05, 4.69) is 0 Å². The van der Waals surface area contributed by atoms with Crippen molar-refractivity contribution in [2.75, 3.05) is 26.2 Å². The highest BCUT2D eigenvalue weighted by molar-refractivity contribution is 5.76. The van der Waals surface area contributed by atoms with Crippen LogP contribution in [0.4, 0.5) is 0 Å². The van der Waals surface area contributed by atoms with Crippen LogP contribution in [0.1, 0.15) is 51.4 Å². The zero-order valence-corrected chi connectivity index (χ0v) is 21.6. The van der Waals surface area contributed by atoms with Gasteiger partial charge in [-0.15, -0.1) is 0 Å². The summed E-state index contributed by atoms with van der Waals surface area (Å²) in [4.78, 5) is 77.1. The van der Waals surface area contributed by atoms with Crippen molar-refractivity contribution in [1.29, 1.82) is 0 Å². The normalized spacial score (nSPS) is 8.30. The molecule has 0 heterocycles. The molecule has 0 radical (unpaired) electrons. The summed E-state index contributed by atoms with van der Waals surface area (Å²) in [6, 6.07) is 0. The standard InChI is InChI=1S/4C4H6O4.2C2H8N2/c4*5-3(6)1-2-4(7)8;2*3-1-2-4/h4*1-2H2,(H,5,6)(H,7,8);2*1-4H2. The van der Waals surface area contributed by atoms with Crippen LogP contribution >= 0.6 is 0 Å². The molecule has 0 aliphatic carbocycles. The fraction of sp³-hybridized carbons (Fsp3) is 0.600. The van der Waals surface area contributed by atoms with Gasteiger partial charge in [-0.25, -0.2) is 0 Å². The average Bonchev–Trinajstić information content (AvgIpc) is 2.85. The highest BCUT2D eigenvalue weighted by Gasteiger charge is 2.02. The maximum atomic E-state index is 9.64. The highest BCUT2D eigenvalue weighted by atomic mass is 16.4. The second-order valence-electron chi connectivity index (χ2n) is 6.30. The Morgan fingerprint density at radius 1 is 0.275 bits per heavy atom. The first-order valence-corrected chi connectivity index (χ1v) is 10.9. The Labute approximate surface area is 228 Å². The molecule has 236 valence electrons. The Balaban J connectivity index is -0.0000000885. The highest BCUT2D eigenvalue weighted by Crippen LogP contribution is 1.87. The zero-order valence-electron chi connectivity index (χ0n) is 21.6. The first-order chi connectivity index (χ1) is 18.3. The van der Waals surface area contributed by atoms with E-state index in [4.69, 9.17) is 63.8 Å². The first-order valence-electron chi connectivity index (χ1n) is 10.9. The summed E-state index contributed by atoms with van der Waals surface area (Å²) in [5.74, 6) is -8.61. The molecule has 40 heavy (non-hydrogen) atoms. The fourth-order valence-electron chi connectivity index (χ4n) is 0.855. The molecule has 0 fully saturated rings. The molecule has 0 bridgehead atoms. The number of nitrogens with two attached hydrogens (primary N) is 4. The molecule has 0 saturated heterocycles. The summed E-state index contributed by atoms with van der Waals surface area (Å²) in [5, 5.41) is 63.2. The number of hydrogen-bond acceptors (Lipinski definition) is 12. The Kier molecular flexibility index (Phi) is 47.6. The summed E-state index contributed by atoms with van der Waals surface area (Å²) in [6.07, 6.45) is -2.37. The maximum absolute atomic E-state index is 9.64. The number of hydrogen-bond donors (Lipinski definition) is 12. The number of carboxylic acid groups (broad SMARTS) is 8. The second kappa shape index (κ2) is 39.1. The molecule has 0 aromatic carbocycles. The minimum atomic E-state index is -1.08. The third kappa shape index (κ3) is 115. The maximum Gasteiger partial charge on any atom is 0.303 e.